The zero-order valence-corrected chi connectivity index (χ0v) is 11.4. The van der Waals surface area contributed by atoms with Crippen molar-refractivity contribution in [2.24, 2.45) is 10.7 Å². The number of hydrogen-bond donors (Lipinski definition) is 3. The Morgan fingerprint density at radius 1 is 1.47 bits per heavy atom. The number of rotatable bonds is 5. The minimum absolute atomic E-state index is 0.112. The molecule has 4 N–H and O–H groups in total. The number of carbonyl (C=O) groups is 1. The van der Waals surface area contributed by atoms with Crippen LogP contribution < -0.4 is 16.4 Å². The molecule has 102 valence electrons. The second-order valence-electron chi connectivity index (χ2n) is 4.29. The number of nitrogens with two attached hydrogens (primary N) is 1. The third kappa shape index (κ3) is 5.25. The van der Waals surface area contributed by atoms with Crippen LogP contribution in [0.15, 0.2) is 41.4 Å². The molecule has 1 rings (SSSR count). The molecule has 0 aromatic heterocycles. The van der Waals surface area contributed by atoms with Gasteiger partial charge in [0.25, 0.3) is 5.91 Å². The molecule has 1 amide bonds. The molecule has 0 atom stereocenters. The Bertz CT molecular complexity index is 494. The highest BCUT2D eigenvalue weighted by atomic mass is 16.1. The average molecular weight is 260 g/mol. The summed E-state index contributed by atoms with van der Waals surface area (Å²) in [6, 6.07) is 7.29. The third-order valence-electron chi connectivity index (χ3n) is 2.42. The molecule has 0 heterocycles. The van der Waals surface area contributed by atoms with Crippen molar-refractivity contribution in [3.8, 4) is 0 Å². The summed E-state index contributed by atoms with van der Waals surface area (Å²) in [6.45, 7) is 6.71. The van der Waals surface area contributed by atoms with E-state index in [9.17, 15) is 4.79 Å². The molecule has 0 aliphatic heterocycles. The molecule has 0 aliphatic carbocycles. The van der Waals surface area contributed by atoms with Crippen molar-refractivity contribution in [1.82, 2.24) is 10.6 Å². The van der Waals surface area contributed by atoms with Crippen LogP contribution in [0.25, 0.3) is 0 Å². The summed E-state index contributed by atoms with van der Waals surface area (Å²) in [4.78, 5) is 15.7. The Kier molecular flexibility index (Phi) is 5.60. The number of carbonyl (C=O) groups excluding carboxylic acids is 1. The smallest absolute Gasteiger partial charge is 0.251 e. The van der Waals surface area contributed by atoms with Crippen LogP contribution in [0.4, 0.5) is 0 Å². The van der Waals surface area contributed by atoms with Crippen LogP contribution in [0.3, 0.4) is 0 Å². The van der Waals surface area contributed by atoms with E-state index in [-0.39, 0.29) is 5.91 Å². The van der Waals surface area contributed by atoms with Gasteiger partial charge >= 0.3 is 0 Å². The van der Waals surface area contributed by atoms with Crippen LogP contribution in [0.1, 0.15) is 22.8 Å². The summed E-state index contributed by atoms with van der Waals surface area (Å²) in [7, 11) is 1.60. The first-order valence-electron chi connectivity index (χ1n) is 6.02. The Morgan fingerprint density at radius 3 is 2.84 bits per heavy atom. The molecule has 0 saturated carbocycles. The molecular weight excluding hydrogens is 240 g/mol. The first kappa shape index (κ1) is 14.8. The van der Waals surface area contributed by atoms with E-state index in [1.165, 1.54) is 0 Å². The van der Waals surface area contributed by atoms with Gasteiger partial charge in [-0.1, -0.05) is 24.3 Å². The molecule has 0 fully saturated rings. The first-order valence-corrected chi connectivity index (χ1v) is 6.02. The van der Waals surface area contributed by atoms with Crippen molar-refractivity contribution in [3.63, 3.8) is 0 Å². The lowest BCUT2D eigenvalue weighted by atomic mass is 10.1. The van der Waals surface area contributed by atoms with Crippen LogP contribution in [0.5, 0.6) is 0 Å². The number of nitrogens with one attached hydrogen (secondary N) is 2. The van der Waals surface area contributed by atoms with Crippen molar-refractivity contribution in [1.29, 1.82) is 0 Å². The molecule has 1 aromatic carbocycles. The quantitative estimate of drug-likeness (QED) is 0.420. The molecule has 0 bridgehead atoms. The van der Waals surface area contributed by atoms with Crippen LogP contribution in [0, 0.1) is 0 Å². The van der Waals surface area contributed by atoms with Crippen molar-refractivity contribution in [2.75, 3.05) is 13.6 Å². The summed E-state index contributed by atoms with van der Waals surface area (Å²) in [5.41, 5.74) is 8.24. The zero-order valence-electron chi connectivity index (χ0n) is 11.4. The number of amides is 1. The molecule has 0 unspecified atom stereocenters. The molecule has 0 aliphatic rings. The molecular formula is C14H20N4O. The molecule has 0 saturated heterocycles. The maximum atomic E-state index is 11.5. The van der Waals surface area contributed by atoms with E-state index in [2.05, 4.69) is 22.2 Å². The van der Waals surface area contributed by atoms with Gasteiger partial charge in [0.15, 0.2) is 5.96 Å². The average Bonchev–Trinajstić information content (AvgIpc) is 2.42. The molecule has 0 radical (unpaired) electrons. The SMILES string of the molecule is C=C(C)CNC(N)=NCc1cccc(C(=O)NC)c1. The van der Waals surface area contributed by atoms with Gasteiger partial charge in [-0.3, -0.25) is 4.79 Å². The Labute approximate surface area is 113 Å². The maximum absolute atomic E-state index is 11.5. The first-order chi connectivity index (χ1) is 9.02. The Morgan fingerprint density at radius 2 is 2.21 bits per heavy atom. The van der Waals surface area contributed by atoms with Gasteiger partial charge in [-0.25, -0.2) is 4.99 Å². The minimum atomic E-state index is -0.112. The van der Waals surface area contributed by atoms with E-state index < -0.39 is 0 Å². The van der Waals surface area contributed by atoms with Crippen LogP contribution in [-0.2, 0) is 6.54 Å². The number of guanidine groups is 1. The van der Waals surface area contributed by atoms with Gasteiger partial charge in [0.1, 0.15) is 0 Å². The lowest BCUT2D eigenvalue weighted by molar-refractivity contribution is 0.0963. The highest BCUT2D eigenvalue weighted by Crippen LogP contribution is 2.06. The van der Waals surface area contributed by atoms with Crippen molar-refractivity contribution < 1.29 is 4.79 Å². The molecule has 5 nitrogen and oxygen atoms in total. The van der Waals surface area contributed by atoms with E-state index in [1.807, 2.05) is 19.1 Å². The molecule has 19 heavy (non-hydrogen) atoms. The van der Waals surface area contributed by atoms with Crippen LogP contribution in [-0.4, -0.2) is 25.5 Å². The Hall–Kier alpha value is -2.30. The fourth-order valence-electron chi connectivity index (χ4n) is 1.43. The number of benzene rings is 1. The summed E-state index contributed by atoms with van der Waals surface area (Å²) < 4.78 is 0. The number of nitrogens with zero attached hydrogens (tertiary/aromatic N) is 1. The van der Waals surface area contributed by atoms with E-state index in [4.69, 9.17) is 5.73 Å². The lowest BCUT2D eigenvalue weighted by Crippen LogP contribution is -2.32. The fraction of sp³-hybridized carbons (Fsp3) is 0.286. The van der Waals surface area contributed by atoms with Crippen molar-refractivity contribution in [3.05, 3.63) is 47.5 Å². The van der Waals surface area contributed by atoms with Gasteiger partial charge in [0, 0.05) is 19.2 Å². The molecule has 1 aromatic rings. The summed E-state index contributed by atoms with van der Waals surface area (Å²) in [5.74, 6) is 0.257. The molecule has 0 spiro atoms. The highest BCUT2D eigenvalue weighted by molar-refractivity contribution is 5.94. The van der Waals surface area contributed by atoms with Crippen LogP contribution >= 0.6 is 0 Å². The van der Waals surface area contributed by atoms with E-state index in [1.54, 1.807) is 19.2 Å². The van der Waals surface area contributed by atoms with Gasteiger partial charge in [0.2, 0.25) is 0 Å². The predicted octanol–water partition coefficient (Wildman–Crippen LogP) is 1.03. The maximum Gasteiger partial charge on any atom is 0.251 e. The second kappa shape index (κ2) is 7.20. The topological polar surface area (TPSA) is 79.5 Å². The van der Waals surface area contributed by atoms with Gasteiger partial charge in [-0.2, -0.15) is 0 Å². The largest absolute Gasteiger partial charge is 0.370 e. The third-order valence-corrected chi connectivity index (χ3v) is 2.42. The van der Waals surface area contributed by atoms with E-state index >= 15 is 0 Å². The van der Waals surface area contributed by atoms with E-state index in [0.717, 1.165) is 11.1 Å². The Balaban J connectivity index is 2.64. The number of hydrogen-bond acceptors (Lipinski definition) is 2. The summed E-state index contributed by atoms with van der Waals surface area (Å²) in [6.07, 6.45) is 0. The van der Waals surface area contributed by atoms with Crippen molar-refractivity contribution in [2.45, 2.75) is 13.5 Å². The van der Waals surface area contributed by atoms with Crippen molar-refractivity contribution >= 4 is 11.9 Å². The highest BCUT2D eigenvalue weighted by Gasteiger charge is 2.03. The van der Waals surface area contributed by atoms with Gasteiger partial charge in [-0.15, -0.1) is 0 Å². The van der Waals surface area contributed by atoms with Crippen LogP contribution in [0.2, 0.25) is 0 Å². The second-order valence-corrected chi connectivity index (χ2v) is 4.29. The van der Waals surface area contributed by atoms with Gasteiger partial charge in [0.05, 0.1) is 6.54 Å². The number of aliphatic imine (C=N–C) groups is 1. The standard InChI is InChI=1S/C14H20N4O/c1-10(2)8-17-14(15)18-9-11-5-4-6-12(7-11)13(19)16-3/h4-7H,1,8-9H2,2-3H3,(H,16,19)(H3,15,17,18). The molecule has 5 heteroatoms. The lowest BCUT2D eigenvalue weighted by Gasteiger charge is -2.05. The zero-order chi connectivity index (χ0) is 14.3. The fourth-order valence-corrected chi connectivity index (χ4v) is 1.43. The monoisotopic (exact) mass is 260 g/mol. The normalized spacial score (nSPS) is 10.9. The predicted molar refractivity (Wildman–Crippen MR) is 78.0 cm³/mol. The summed E-state index contributed by atoms with van der Waals surface area (Å²) >= 11 is 0. The van der Waals surface area contributed by atoms with Gasteiger partial charge < -0.3 is 16.4 Å². The summed E-state index contributed by atoms with van der Waals surface area (Å²) in [5, 5.41) is 5.53. The van der Waals surface area contributed by atoms with E-state index in [0.29, 0.717) is 24.6 Å². The van der Waals surface area contributed by atoms with Gasteiger partial charge in [-0.05, 0) is 24.6 Å². The minimum Gasteiger partial charge on any atom is -0.370 e.